The van der Waals surface area contributed by atoms with Crippen molar-refractivity contribution in [3.05, 3.63) is 12.2 Å². The third-order valence-corrected chi connectivity index (χ3v) is 3.78. The highest BCUT2D eigenvalue weighted by atomic mass is 15.3. The largest absolute Gasteiger partial charge is 0.288 e. The molecule has 17 heavy (non-hydrogen) atoms. The molecule has 0 fully saturated rings. The van der Waals surface area contributed by atoms with Crippen molar-refractivity contribution in [2.45, 2.75) is 79.4 Å². The summed E-state index contributed by atoms with van der Waals surface area (Å²) < 4.78 is 0. The van der Waals surface area contributed by atoms with E-state index in [2.05, 4.69) is 72.4 Å². The van der Waals surface area contributed by atoms with Crippen LogP contribution >= 0.6 is 0 Å². The highest BCUT2D eigenvalue weighted by Crippen LogP contribution is 2.37. The van der Waals surface area contributed by atoms with Crippen molar-refractivity contribution in [3.8, 4) is 0 Å². The fourth-order valence-electron chi connectivity index (χ4n) is 2.97. The molecule has 1 rings (SSSR count). The number of hydrogen-bond donors (Lipinski definition) is 0. The van der Waals surface area contributed by atoms with Crippen molar-refractivity contribution in [2.24, 2.45) is 11.3 Å². The van der Waals surface area contributed by atoms with Crippen LogP contribution in [-0.2, 0) is 0 Å². The molecular weight excluding hydrogens is 206 g/mol. The van der Waals surface area contributed by atoms with Gasteiger partial charge < -0.3 is 0 Å². The van der Waals surface area contributed by atoms with Gasteiger partial charge in [-0.25, -0.2) is 0 Å². The smallest absolute Gasteiger partial charge is 0.0335 e. The van der Waals surface area contributed by atoms with Crippen molar-refractivity contribution < 1.29 is 0 Å². The molecule has 0 N–H and O–H groups in total. The Hall–Kier alpha value is -0.300. The summed E-state index contributed by atoms with van der Waals surface area (Å²) in [6.07, 6.45) is 6.01. The lowest BCUT2D eigenvalue weighted by atomic mass is 9.78. The summed E-state index contributed by atoms with van der Waals surface area (Å²) in [4.78, 5) is 2.73. The molecule has 1 aliphatic rings. The van der Waals surface area contributed by atoms with Gasteiger partial charge in [0, 0.05) is 17.6 Å². The zero-order valence-electron chi connectivity index (χ0n) is 13.0. The van der Waals surface area contributed by atoms with Crippen molar-refractivity contribution in [2.75, 3.05) is 0 Å². The molecule has 100 valence electrons. The Labute approximate surface area is 108 Å². The monoisotopic (exact) mass is 237 g/mol. The standard InChI is InChI=1S/C16H31N/c1-12(2)13-10-9-11-14(15(3,4)5)17(13)16(6,7)8/h9,11-14H,10H2,1-8H3. The van der Waals surface area contributed by atoms with Crippen LogP contribution < -0.4 is 0 Å². The average molecular weight is 237 g/mol. The number of nitrogens with zero attached hydrogens (tertiary/aromatic N) is 1. The summed E-state index contributed by atoms with van der Waals surface area (Å²) in [5, 5.41) is 0. The number of rotatable bonds is 1. The quantitative estimate of drug-likeness (QED) is 0.608. The molecule has 1 heteroatoms. The Balaban J connectivity index is 3.12. The van der Waals surface area contributed by atoms with Gasteiger partial charge in [0.15, 0.2) is 0 Å². The lowest BCUT2D eigenvalue weighted by Gasteiger charge is -2.53. The van der Waals surface area contributed by atoms with Crippen LogP contribution in [0.4, 0.5) is 0 Å². The molecule has 0 aromatic heterocycles. The first-order chi connectivity index (χ1) is 7.55. The van der Waals surface area contributed by atoms with Crippen LogP contribution in [0.15, 0.2) is 12.2 Å². The van der Waals surface area contributed by atoms with Crippen LogP contribution in [0.2, 0.25) is 0 Å². The summed E-state index contributed by atoms with van der Waals surface area (Å²) in [7, 11) is 0. The van der Waals surface area contributed by atoms with Gasteiger partial charge in [0.25, 0.3) is 0 Å². The van der Waals surface area contributed by atoms with E-state index in [4.69, 9.17) is 0 Å². The van der Waals surface area contributed by atoms with Crippen molar-refractivity contribution in [1.29, 1.82) is 0 Å². The lowest BCUT2D eigenvalue weighted by molar-refractivity contribution is -0.0151. The summed E-state index contributed by atoms with van der Waals surface area (Å²) in [6.45, 7) is 18.8. The Bertz CT molecular complexity index is 275. The van der Waals surface area contributed by atoms with E-state index in [9.17, 15) is 0 Å². The third kappa shape index (κ3) is 3.34. The molecule has 0 saturated carbocycles. The SMILES string of the molecule is CC(C)C1CC=CC(C(C)(C)C)N1C(C)(C)C. The molecule has 0 bridgehead atoms. The van der Waals surface area contributed by atoms with E-state index in [0.717, 1.165) is 0 Å². The molecule has 1 heterocycles. The highest BCUT2D eigenvalue weighted by Gasteiger charge is 2.41. The van der Waals surface area contributed by atoms with E-state index >= 15 is 0 Å². The first-order valence-corrected chi connectivity index (χ1v) is 7.00. The average Bonchev–Trinajstić information content (AvgIpc) is 2.13. The first kappa shape index (κ1) is 14.8. The van der Waals surface area contributed by atoms with Gasteiger partial charge in [-0.1, -0.05) is 46.8 Å². The molecule has 0 saturated heterocycles. The van der Waals surface area contributed by atoms with E-state index < -0.39 is 0 Å². The molecule has 0 aromatic rings. The maximum Gasteiger partial charge on any atom is 0.0335 e. The summed E-state index contributed by atoms with van der Waals surface area (Å²) in [5.41, 5.74) is 0.537. The topological polar surface area (TPSA) is 3.24 Å². The second kappa shape index (κ2) is 4.76. The maximum atomic E-state index is 2.73. The van der Waals surface area contributed by atoms with Gasteiger partial charge in [-0.2, -0.15) is 0 Å². The van der Waals surface area contributed by atoms with Crippen LogP contribution in [0.5, 0.6) is 0 Å². The molecule has 0 radical (unpaired) electrons. The molecule has 1 nitrogen and oxygen atoms in total. The van der Waals surface area contributed by atoms with Crippen molar-refractivity contribution in [1.82, 2.24) is 4.90 Å². The minimum Gasteiger partial charge on any atom is -0.288 e. The van der Waals surface area contributed by atoms with E-state index in [1.807, 2.05) is 0 Å². The summed E-state index contributed by atoms with van der Waals surface area (Å²) in [6, 6.07) is 1.22. The van der Waals surface area contributed by atoms with E-state index in [0.29, 0.717) is 23.4 Å². The van der Waals surface area contributed by atoms with Gasteiger partial charge in [-0.05, 0) is 38.5 Å². The Kier molecular flexibility index (Phi) is 4.13. The Morgan fingerprint density at radius 3 is 1.94 bits per heavy atom. The third-order valence-electron chi connectivity index (χ3n) is 3.78. The first-order valence-electron chi connectivity index (χ1n) is 7.00. The van der Waals surface area contributed by atoms with Gasteiger partial charge in [-0.15, -0.1) is 0 Å². The maximum absolute atomic E-state index is 2.73. The predicted molar refractivity (Wildman–Crippen MR) is 77.2 cm³/mol. The van der Waals surface area contributed by atoms with E-state index in [1.165, 1.54) is 6.42 Å². The van der Waals surface area contributed by atoms with E-state index in [-0.39, 0.29) is 5.54 Å². The molecule has 0 amide bonds. The van der Waals surface area contributed by atoms with Gasteiger partial charge in [0.05, 0.1) is 0 Å². The van der Waals surface area contributed by atoms with Crippen LogP contribution in [0, 0.1) is 11.3 Å². The number of hydrogen-bond acceptors (Lipinski definition) is 1. The minimum atomic E-state index is 0.234. The molecule has 2 atom stereocenters. The zero-order chi connectivity index (χ0) is 13.4. The summed E-state index contributed by atoms with van der Waals surface area (Å²) >= 11 is 0. The minimum absolute atomic E-state index is 0.234. The molecule has 0 spiro atoms. The molecular formula is C16H31N. The zero-order valence-corrected chi connectivity index (χ0v) is 13.0. The normalized spacial score (nSPS) is 27.8. The molecule has 0 aliphatic carbocycles. The van der Waals surface area contributed by atoms with E-state index in [1.54, 1.807) is 0 Å². The Morgan fingerprint density at radius 2 is 1.59 bits per heavy atom. The highest BCUT2D eigenvalue weighted by molar-refractivity contribution is 5.10. The van der Waals surface area contributed by atoms with Crippen LogP contribution in [0.3, 0.4) is 0 Å². The lowest BCUT2D eigenvalue weighted by Crippen LogP contribution is -2.59. The van der Waals surface area contributed by atoms with Gasteiger partial charge >= 0.3 is 0 Å². The van der Waals surface area contributed by atoms with Crippen LogP contribution in [0.25, 0.3) is 0 Å². The fourth-order valence-corrected chi connectivity index (χ4v) is 2.97. The second-order valence-electron chi connectivity index (χ2n) is 7.86. The molecule has 1 aliphatic heterocycles. The predicted octanol–water partition coefficient (Wildman–Crippen LogP) is 4.49. The second-order valence-corrected chi connectivity index (χ2v) is 7.86. The van der Waals surface area contributed by atoms with Crippen molar-refractivity contribution >= 4 is 0 Å². The Morgan fingerprint density at radius 1 is 1.06 bits per heavy atom. The van der Waals surface area contributed by atoms with Crippen molar-refractivity contribution in [3.63, 3.8) is 0 Å². The van der Waals surface area contributed by atoms with Gasteiger partial charge in [0.1, 0.15) is 0 Å². The van der Waals surface area contributed by atoms with Crippen LogP contribution in [-0.4, -0.2) is 22.5 Å². The fraction of sp³-hybridized carbons (Fsp3) is 0.875. The molecule has 0 aromatic carbocycles. The van der Waals surface area contributed by atoms with Crippen LogP contribution in [0.1, 0.15) is 61.8 Å². The van der Waals surface area contributed by atoms with Gasteiger partial charge in [0.2, 0.25) is 0 Å². The molecule has 2 unspecified atom stereocenters. The van der Waals surface area contributed by atoms with Gasteiger partial charge in [-0.3, -0.25) is 4.90 Å². The summed E-state index contributed by atoms with van der Waals surface area (Å²) in [5.74, 6) is 0.712.